The van der Waals surface area contributed by atoms with Gasteiger partial charge in [0.2, 0.25) is 0 Å². The van der Waals surface area contributed by atoms with E-state index in [1.165, 1.54) is 31.2 Å². The quantitative estimate of drug-likeness (QED) is 0.823. The summed E-state index contributed by atoms with van der Waals surface area (Å²) in [6, 6.07) is 21.2. The molecule has 3 aliphatic rings. The fourth-order valence-electron chi connectivity index (χ4n) is 3.97. The molecule has 2 bridgehead atoms. The van der Waals surface area contributed by atoms with E-state index >= 15 is 0 Å². The maximum atomic E-state index is 3.91. The summed E-state index contributed by atoms with van der Waals surface area (Å²) < 4.78 is 0. The summed E-state index contributed by atoms with van der Waals surface area (Å²) >= 11 is 0. The predicted molar refractivity (Wildman–Crippen MR) is 82.7 cm³/mol. The summed E-state index contributed by atoms with van der Waals surface area (Å²) in [6.07, 6.45) is 5.08. The SMILES string of the molecule is c1ccc([C@H]2N[C@H]3CC[C@H]2Cc2ccccc2C3)cc1. The van der Waals surface area contributed by atoms with Gasteiger partial charge in [0.1, 0.15) is 0 Å². The van der Waals surface area contributed by atoms with Crippen LogP contribution in [0.15, 0.2) is 54.6 Å². The van der Waals surface area contributed by atoms with E-state index < -0.39 is 0 Å². The first kappa shape index (κ1) is 12.2. The van der Waals surface area contributed by atoms with Crippen LogP contribution in [-0.2, 0) is 12.8 Å². The van der Waals surface area contributed by atoms with Gasteiger partial charge in [-0.1, -0.05) is 54.6 Å². The van der Waals surface area contributed by atoms with E-state index in [2.05, 4.69) is 59.9 Å². The molecule has 1 fully saturated rings. The van der Waals surface area contributed by atoms with Gasteiger partial charge in [-0.05, 0) is 48.3 Å². The molecule has 0 aromatic heterocycles. The smallest absolute Gasteiger partial charge is 0.0354 e. The summed E-state index contributed by atoms with van der Waals surface area (Å²) in [5.41, 5.74) is 4.59. The Hall–Kier alpha value is -1.60. The molecular weight excluding hydrogens is 242 g/mol. The van der Waals surface area contributed by atoms with E-state index in [0.29, 0.717) is 12.1 Å². The molecule has 1 saturated heterocycles. The minimum Gasteiger partial charge on any atom is -0.307 e. The van der Waals surface area contributed by atoms with Gasteiger partial charge in [-0.3, -0.25) is 0 Å². The van der Waals surface area contributed by atoms with Crippen molar-refractivity contribution in [3.05, 3.63) is 71.3 Å². The van der Waals surface area contributed by atoms with Crippen LogP contribution < -0.4 is 5.32 Å². The molecule has 2 aromatic rings. The molecule has 1 aliphatic carbocycles. The van der Waals surface area contributed by atoms with E-state index in [4.69, 9.17) is 0 Å². The number of fused-ring (bicyclic) bond motifs is 2. The van der Waals surface area contributed by atoms with Crippen molar-refractivity contribution < 1.29 is 0 Å². The van der Waals surface area contributed by atoms with Crippen LogP contribution in [0.1, 0.15) is 35.6 Å². The van der Waals surface area contributed by atoms with Gasteiger partial charge in [0, 0.05) is 12.1 Å². The summed E-state index contributed by atoms with van der Waals surface area (Å²) in [7, 11) is 0. The average molecular weight is 263 g/mol. The van der Waals surface area contributed by atoms with E-state index in [1.54, 1.807) is 11.1 Å². The van der Waals surface area contributed by atoms with Crippen LogP contribution in [0.25, 0.3) is 0 Å². The normalized spacial score (nSPS) is 28.5. The third-order valence-electron chi connectivity index (χ3n) is 5.00. The van der Waals surface area contributed by atoms with Gasteiger partial charge in [-0.25, -0.2) is 0 Å². The molecular formula is C19H21N. The molecule has 2 heterocycles. The highest BCUT2D eigenvalue weighted by molar-refractivity contribution is 5.31. The Balaban J connectivity index is 1.70. The van der Waals surface area contributed by atoms with Crippen molar-refractivity contribution in [1.82, 2.24) is 5.32 Å². The van der Waals surface area contributed by atoms with Crippen molar-refractivity contribution in [3.8, 4) is 0 Å². The van der Waals surface area contributed by atoms with E-state index in [0.717, 1.165) is 5.92 Å². The Morgan fingerprint density at radius 1 is 0.750 bits per heavy atom. The zero-order valence-electron chi connectivity index (χ0n) is 11.8. The van der Waals surface area contributed by atoms with Crippen LogP contribution in [0.3, 0.4) is 0 Å². The second-order valence-corrected chi connectivity index (χ2v) is 6.27. The fraction of sp³-hybridized carbons (Fsp3) is 0.368. The zero-order valence-corrected chi connectivity index (χ0v) is 11.8. The third-order valence-corrected chi connectivity index (χ3v) is 5.00. The van der Waals surface area contributed by atoms with Crippen LogP contribution in [0, 0.1) is 5.92 Å². The number of hydrogen-bond acceptors (Lipinski definition) is 1. The van der Waals surface area contributed by atoms with Crippen LogP contribution >= 0.6 is 0 Å². The van der Waals surface area contributed by atoms with Gasteiger partial charge in [-0.15, -0.1) is 0 Å². The first-order valence-electron chi connectivity index (χ1n) is 7.78. The molecule has 2 aliphatic heterocycles. The van der Waals surface area contributed by atoms with Crippen molar-refractivity contribution in [2.75, 3.05) is 0 Å². The first-order chi connectivity index (χ1) is 9.90. The first-order valence-corrected chi connectivity index (χ1v) is 7.78. The molecule has 2 aromatic carbocycles. The topological polar surface area (TPSA) is 12.0 Å². The Labute approximate surface area is 121 Å². The highest BCUT2D eigenvalue weighted by Gasteiger charge is 2.33. The lowest BCUT2D eigenvalue weighted by Gasteiger charge is -2.41. The molecule has 0 amide bonds. The second kappa shape index (κ2) is 5.06. The maximum Gasteiger partial charge on any atom is 0.0354 e. The molecule has 0 spiro atoms. The van der Waals surface area contributed by atoms with Gasteiger partial charge in [0.25, 0.3) is 0 Å². The molecule has 102 valence electrons. The Bertz CT molecular complexity index is 590. The Morgan fingerprint density at radius 3 is 2.25 bits per heavy atom. The molecule has 0 radical (unpaired) electrons. The minimum atomic E-state index is 0.531. The number of nitrogens with one attached hydrogen (secondary N) is 1. The summed E-state index contributed by atoms with van der Waals surface area (Å²) in [6.45, 7) is 0. The highest BCUT2D eigenvalue weighted by atomic mass is 15.0. The van der Waals surface area contributed by atoms with E-state index in [1.807, 2.05) is 0 Å². The largest absolute Gasteiger partial charge is 0.307 e. The molecule has 1 N–H and O–H groups in total. The number of piperidine rings is 1. The molecule has 5 rings (SSSR count). The van der Waals surface area contributed by atoms with Gasteiger partial charge in [0.15, 0.2) is 0 Å². The Kier molecular flexibility index (Phi) is 3.08. The van der Waals surface area contributed by atoms with Gasteiger partial charge >= 0.3 is 0 Å². The molecule has 20 heavy (non-hydrogen) atoms. The number of rotatable bonds is 1. The molecule has 0 saturated carbocycles. The molecule has 0 unspecified atom stereocenters. The lowest BCUT2D eigenvalue weighted by atomic mass is 9.75. The number of benzene rings is 2. The third kappa shape index (κ3) is 2.16. The van der Waals surface area contributed by atoms with Crippen molar-refractivity contribution in [2.24, 2.45) is 5.92 Å². The zero-order chi connectivity index (χ0) is 13.4. The molecule has 1 nitrogen and oxygen atoms in total. The van der Waals surface area contributed by atoms with Crippen molar-refractivity contribution in [1.29, 1.82) is 0 Å². The second-order valence-electron chi connectivity index (χ2n) is 6.27. The van der Waals surface area contributed by atoms with Crippen LogP contribution in [0.5, 0.6) is 0 Å². The van der Waals surface area contributed by atoms with Crippen molar-refractivity contribution in [3.63, 3.8) is 0 Å². The summed E-state index contributed by atoms with van der Waals surface area (Å²) in [5.74, 6) is 0.732. The lowest BCUT2D eigenvalue weighted by molar-refractivity contribution is 0.221. The number of hydrogen-bond donors (Lipinski definition) is 1. The monoisotopic (exact) mass is 263 g/mol. The standard InChI is InChI=1S/C19H21N/c1-2-6-14(7-3-1)19-17-10-11-18(20-19)13-16-9-5-4-8-15(16)12-17/h1-9,17-20H,10-13H2/t17-,18-,19+/m0/s1. The van der Waals surface area contributed by atoms with Gasteiger partial charge < -0.3 is 5.32 Å². The van der Waals surface area contributed by atoms with Crippen molar-refractivity contribution >= 4 is 0 Å². The van der Waals surface area contributed by atoms with Gasteiger partial charge in [0.05, 0.1) is 0 Å². The van der Waals surface area contributed by atoms with E-state index in [9.17, 15) is 0 Å². The average Bonchev–Trinajstić information content (AvgIpc) is 2.48. The lowest BCUT2D eigenvalue weighted by Crippen LogP contribution is -2.45. The van der Waals surface area contributed by atoms with Gasteiger partial charge in [-0.2, -0.15) is 0 Å². The highest BCUT2D eigenvalue weighted by Crippen LogP contribution is 2.37. The predicted octanol–water partition coefficient (Wildman–Crippen LogP) is 3.89. The Morgan fingerprint density at radius 2 is 1.45 bits per heavy atom. The maximum absolute atomic E-state index is 3.91. The summed E-state index contributed by atoms with van der Waals surface area (Å²) in [4.78, 5) is 0. The minimum absolute atomic E-state index is 0.531. The fourth-order valence-corrected chi connectivity index (χ4v) is 3.97. The van der Waals surface area contributed by atoms with E-state index in [-0.39, 0.29) is 0 Å². The summed E-state index contributed by atoms with van der Waals surface area (Å²) in [5, 5.41) is 3.91. The van der Waals surface area contributed by atoms with Crippen molar-refractivity contribution in [2.45, 2.75) is 37.8 Å². The van der Waals surface area contributed by atoms with Crippen LogP contribution in [0.2, 0.25) is 0 Å². The molecule has 1 heteroatoms. The van der Waals surface area contributed by atoms with Crippen LogP contribution in [-0.4, -0.2) is 6.04 Å². The molecule has 3 atom stereocenters. The van der Waals surface area contributed by atoms with Crippen LogP contribution in [0.4, 0.5) is 0 Å².